The van der Waals surface area contributed by atoms with E-state index in [4.69, 9.17) is 4.52 Å². The second kappa shape index (κ2) is 9.59. The van der Waals surface area contributed by atoms with Crippen molar-refractivity contribution in [2.45, 2.75) is 20.4 Å². The molecule has 1 aliphatic rings. The molecule has 25 heavy (non-hydrogen) atoms. The molecular formula is C17H25IN6O. The third-order valence-electron chi connectivity index (χ3n) is 3.97. The van der Waals surface area contributed by atoms with E-state index in [1.165, 1.54) is 5.69 Å². The molecule has 0 bridgehead atoms. The van der Waals surface area contributed by atoms with E-state index < -0.39 is 0 Å². The predicted molar refractivity (Wildman–Crippen MR) is 109 cm³/mol. The van der Waals surface area contributed by atoms with Crippen LogP contribution in [-0.2, 0) is 6.54 Å². The Balaban J connectivity index is 0.00000225. The van der Waals surface area contributed by atoms with Crippen molar-refractivity contribution >= 4 is 35.6 Å². The third kappa shape index (κ3) is 5.32. The molecule has 0 amide bonds. The molecule has 8 heteroatoms. The summed E-state index contributed by atoms with van der Waals surface area (Å²) < 4.78 is 5.13. The van der Waals surface area contributed by atoms with Gasteiger partial charge in [-0.05, 0) is 26.0 Å². The van der Waals surface area contributed by atoms with Gasteiger partial charge >= 0.3 is 0 Å². The lowest BCUT2D eigenvalue weighted by atomic mass is 10.2. The van der Waals surface area contributed by atoms with Gasteiger partial charge in [0.05, 0.1) is 0 Å². The molecule has 0 saturated carbocycles. The Hall–Kier alpha value is -1.84. The number of hydrogen-bond donors (Lipinski definition) is 1. The first-order valence-corrected chi connectivity index (χ1v) is 8.38. The predicted octanol–water partition coefficient (Wildman–Crippen LogP) is 2.28. The lowest BCUT2D eigenvalue weighted by Crippen LogP contribution is -2.52. The van der Waals surface area contributed by atoms with Crippen LogP contribution < -0.4 is 10.2 Å². The quantitative estimate of drug-likeness (QED) is 0.433. The number of para-hydroxylation sites is 1. The molecule has 2 heterocycles. The largest absolute Gasteiger partial charge is 0.368 e. The second-order valence-electron chi connectivity index (χ2n) is 5.72. The van der Waals surface area contributed by atoms with Crippen molar-refractivity contribution in [1.29, 1.82) is 0 Å². The molecule has 3 rings (SSSR count). The highest BCUT2D eigenvalue weighted by Crippen LogP contribution is 2.15. The molecule has 1 aliphatic heterocycles. The van der Waals surface area contributed by atoms with Crippen LogP contribution in [-0.4, -0.2) is 53.7 Å². The Morgan fingerprint density at radius 2 is 1.92 bits per heavy atom. The fourth-order valence-electron chi connectivity index (χ4n) is 2.79. The van der Waals surface area contributed by atoms with Gasteiger partial charge in [-0.15, -0.1) is 24.0 Å². The van der Waals surface area contributed by atoms with Gasteiger partial charge in [0, 0.05) is 38.4 Å². The molecule has 136 valence electrons. The van der Waals surface area contributed by atoms with E-state index >= 15 is 0 Å². The summed E-state index contributed by atoms with van der Waals surface area (Å²) >= 11 is 0. The van der Waals surface area contributed by atoms with Crippen LogP contribution >= 0.6 is 24.0 Å². The van der Waals surface area contributed by atoms with E-state index in [0.717, 1.165) is 38.7 Å². The highest BCUT2D eigenvalue weighted by Gasteiger charge is 2.19. The highest BCUT2D eigenvalue weighted by atomic mass is 127. The van der Waals surface area contributed by atoms with Crippen LogP contribution in [0.25, 0.3) is 0 Å². The summed E-state index contributed by atoms with van der Waals surface area (Å²) in [6.45, 7) is 8.95. The van der Waals surface area contributed by atoms with Crippen LogP contribution in [0.4, 0.5) is 5.69 Å². The maximum atomic E-state index is 5.13. The van der Waals surface area contributed by atoms with E-state index in [2.05, 4.69) is 67.5 Å². The Bertz CT molecular complexity index is 667. The lowest BCUT2D eigenvalue weighted by molar-refractivity contribution is 0.363. The molecule has 1 fully saturated rings. The summed E-state index contributed by atoms with van der Waals surface area (Å²) in [6.07, 6.45) is 0. The van der Waals surface area contributed by atoms with Crippen molar-refractivity contribution in [3.63, 3.8) is 0 Å². The van der Waals surface area contributed by atoms with Crippen LogP contribution in [0.15, 0.2) is 39.8 Å². The van der Waals surface area contributed by atoms with Gasteiger partial charge in [0.1, 0.15) is 6.54 Å². The van der Waals surface area contributed by atoms with Crippen molar-refractivity contribution < 1.29 is 4.52 Å². The first kappa shape index (κ1) is 19.5. The Morgan fingerprint density at radius 3 is 2.52 bits per heavy atom. The van der Waals surface area contributed by atoms with Crippen LogP contribution in [0.5, 0.6) is 0 Å². The monoisotopic (exact) mass is 456 g/mol. The topological polar surface area (TPSA) is 69.8 Å². The number of hydrogen-bond acceptors (Lipinski definition) is 5. The van der Waals surface area contributed by atoms with Crippen molar-refractivity contribution in [2.24, 2.45) is 4.99 Å². The van der Waals surface area contributed by atoms with Crippen LogP contribution in [0.1, 0.15) is 18.6 Å². The van der Waals surface area contributed by atoms with E-state index in [1.807, 2.05) is 6.92 Å². The van der Waals surface area contributed by atoms with Gasteiger partial charge in [0.2, 0.25) is 5.89 Å². The average Bonchev–Trinajstić information content (AvgIpc) is 3.05. The molecule has 0 atom stereocenters. The molecule has 7 nitrogen and oxygen atoms in total. The zero-order valence-corrected chi connectivity index (χ0v) is 17.0. The van der Waals surface area contributed by atoms with Crippen LogP contribution in [0, 0.1) is 6.92 Å². The van der Waals surface area contributed by atoms with E-state index in [9.17, 15) is 0 Å². The number of rotatable bonds is 4. The molecule has 0 aliphatic carbocycles. The summed E-state index contributed by atoms with van der Waals surface area (Å²) in [5, 5.41) is 7.15. The molecule has 1 saturated heterocycles. The number of aryl methyl sites for hydroxylation is 1. The average molecular weight is 456 g/mol. The number of aromatic nitrogens is 2. The first-order valence-electron chi connectivity index (χ1n) is 8.38. The summed E-state index contributed by atoms with van der Waals surface area (Å²) in [5.74, 6) is 2.09. The minimum absolute atomic E-state index is 0. The number of guanidine groups is 1. The van der Waals surface area contributed by atoms with E-state index in [1.54, 1.807) is 0 Å². The molecule has 0 radical (unpaired) electrons. The van der Waals surface area contributed by atoms with Crippen molar-refractivity contribution in [1.82, 2.24) is 20.4 Å². The van der Waals surface area contributed by atoms with E-state index in [-0.39, 0.29) is 24.0 Å². The standard InChI is InChI=1S/C17H24N6O.HI/c1-3-18-17(19-13-16-20-14(2)21-24-16)23-11-9-22(10-12-23)15-7-5-4-6-8-15;/h4-8H,3,9-13H2,1-2H3,(H,18,19);1H. The summed E-state index contributed by atoms with van der Waals surface area (Å²) in [7, 11) is 0. The van der Waals surface area contributed by atoms with Crippen LogP contribution in [0.3, 0.4) is 0 Å². The fraction of sp³-hybridized carbons (Fsp3) is 0.471. The Kier molecular flexibility index (Phi) is 7.48. The summed E-state index contributed by atoms with van der Waals surface area (Å²) in [5.41, 5.74) is 1.28. The van der Waals surface area contributed by atoms with Gasteiger partial charge in [-0.2, -0.15) is 4.98 Å². The fourth-order valence-corrected chi connectivity index (χ4v) is 2.79. The van der Waals surface area contributed by atoms with Gasteiger partial charge in [-0.3, -0.25) is 0 Å². The molecule has 1 aromatic carbocycles. The van der Waals surface area contributed by atoms with Gasteiger partial charge in [0.15, 0.2) is 11.8 Å². The molecule has 1 N–H and O–H groups in total. The zero-order chi connectivity index (χ0) is 16.8. The van der Waals surface area contributed by atoms with Gasteiger partial charge in [-0.1, -0.05) is 23.4 Å². The number of halogens is 1. The van der Waals surface area contributed by atoms with Gasteiger partial charge in [-0.25, -0.2) is 4.99 Å². The zero-order valence-electron chi connectivity index (χ0n) is 14.7. The molecular weight excluding hydrogens is 431 g/mol. The normalized spacial score (nSPS) is 15.0. The third-order valence-corrected chi connectivity index (χ3v) is 3.97. The number of aliphatic imine (C=N–C) groups is 1. The first-order chi connectivity index (χ1) is 11.8. The second-order valence-corrected chi connectivity index (χ2v) is 5.72. The maximum absolute atomic E-state index is 5.13. The van der Waals surface area contributed by atoms with Crippen LogP contribution in [0.2, 0.25) is 0 Å². The molecule has 0 spiro atoms. The Morgan fingerprint density at radius 1 is 1.20 bits per heavy atom. The minimum Gasteiger partial charge on any atom is -0.368 e. The molecule has 1 aromatic heterocycles. The highest BCUT2D eigenvalue weighted by molar-refractivity contribution is 14.0. The lowest BCUT2D eigenvalue weighted by Gasteiger charge is -2.37. The number of anilines is 1. The van der Waals surface area contributed by atoms with Crippen molar-refractivity contribution in [2.75, 3.05) is 37.6 Å². The number of piperazine rings is 1. The Labute approximate surface area is 165 Å². The number of benzene rings is 1. The smallest absolute Gasteiger partial charge is 0.248 e. The number of nitrogens with one attached hydrogen (secondary N) is 1. The molecule has 0 unspecified atom stereocenters. The SMILES string of the molecule is CCNC(=NCc1nc(C)no1)N1CCN(c2ccccc2)CC1.I. The molecule has 2 aromatic rings. The maximum Gasteiger partial charge on any atom is 0.248 e. The summed E-state index contributed by atoms with van der Waals surface area (Å²) in [4.78, 5) is 13.5. The van der Waals surface area contributed by atoms with Gasteiger partial charge < -0.3 is 19.6 Å². The van der Waals surface area contributed by atoms with Crippen molar-refractivity contribution in [3.05, 3.63) is 42.0 Å². The number of nitrogens with zero attached hydrogens (tertiary/aromatic N) is 5. The minimum atomic E-state index is 0. The van der Waals surface area contributed by atoms with Crippen molar-refractivity contribution in [3.8, 4) is 0 Å². The van der Waals surface area contributed by atoms with Gasteiger partial charge in [0.25, 0.3) is 0 Å². The van der Waals surface area contributed by atoms with E-state index in [0.29, 0.717) is 18.3 Å². The summed E-state index contributed by atoms with van der Waals surface area (Å²) in [6, 6.07) is 10.5.